The SMILES string of the molecule is c1cnc2c(c1)-c1c[n+]3c4ncccc4oc3n1C2. The van der Waals surface area contributed by atoms with E-state index in [1.165, 1.54) is 5.56 Å². The van der Waals surface area contributed by atoms with Crippen molar-refractivity contribution < 1.29 is 8.82 Å². The maximum atomic E-state index is 5.90. The number of pyridine rings is 2. The zero-order chi connectivity index (χ0) is 12.4. The van der Waals surface area contributed by atoms with Gasteiger partial charge in [-0.1, -0.05) is 0 Å². The lowest BCUT2D eigenvalue weighted by atomic mass is 10.2. The molecule has 0 aromatic carbocycles. The fraction of sp³-hybridized carbons (Fsp3) is 0.0714. The van der Waals surface area contributed by atoms with Gasteiger partial charge in [-0.05, 0) is 24.3 Å². The maximum absolute atomic E-state index is 5.90. The van der Waals surface area contributed by atoms with Crippen molar-refractivity contribution >= 4 is 17.1 Å². The van der Waals surface area contributed by atoms with Gasteiger partial charge in [0.05, 0.1) is 5.69 Å². The minimum absolute atomic E-state index is 0.752. The van der Waals surface area contributed by atoms with Crippen LogP contribution < -0.4 is 4.40 Å². The zero-order valence-electron chi connectivity index (χ0n) is 9.95. The van der Waals surface area contributed by atoms with E-state index >= 15 is 0 Å². The monoisotopic (exact) mass is 249 g/mol. The van der Waals surface area contributed by atoms with Gasteiger partial charge < -0.3 is 4.42 Å². The molecule has 0 amide bonds. The van der Waals surface area contributed by atoms with Crippen LogP contribution in [0, 0.1) is 0 Å². The number of nitrogens with zero attached hydrogens (tertiary/aromatic N) is 4. The molecule has 0 atom stereocenters. The Labute approximate surface area is 107 Å². The summed E-state index contributed by atoms with van der Waals surface area (Å²) in [5.41, 5.74) is 5.05. The van der Waals surface area contributed by atoms with Crippen LogP contribution in [0.25, 0.3) is 28.3 Å². The van der Waals surface area contributed by atoms with E-state index in [0.717, 1.165) is 35.0 Å². The average molecular weight is 249 g/mol. The molecule has 0 unspecified atom stereocenters. The van der Waals surface area contributed by atoms with E-state index in [2.05, 4.69) is 26.8 Å². The van der Waals surface area contributed by atoms with Crippen LogP contribution in [0.15, 0.2) is 47.3 Å². The molecule has 0 radical (unpaired) electrons. The second-order valence-corrected chi connectivity index (χ2v) is 4.68. The summed E-state index contributed by atoms with van der Waals surface area (Å²) in [6, 6.07) is 7.87. The molecule has 19 heavy (non-hydrogen) atoms. The fourth-order valence-electron chi connectivity index (χ4n) is 2.79. The van der Waals surface area contributed by atoms with Crippen LogP contribution in [-0.2, 0) is 6.54 Å². The zero-order valence-corrected chi connectivity index (χ0v) is 9.95. The molecule has 5 nitrogen and oxygen atoms in total. The summed E-state index contributed by atoms with van der Waals surface area (Å²) < 4.78 is 10.0. The maximum Gasteiger partial charge on any atom is 0.410 e. The Morgan fingerprint density at radius 2 is 2.05 bits per heavy atom. The summed E-state index contributed by atoms with van der Waals surface area (Å²) in [6.45, 7) is 0.752. The molecule has 1 aliphatic rings. The van der Waals surface area contributed by atoms with Crippen LogP contribution >= 0.6 is 0 Å². The van der Waals surface area contributed by atoms with E-state index in [-0.39, 0.29) is 0 Å². The van der Waals surface area contributed by atoms with Crippen LogP contribution in [0.2, 0.25) is 0 Å². The minimum atomic E-state index is 0.752. The largest absolute Gasteiger partial charge is 0.410 e. The Kier molecular flexibility index (Phi) is 1.46. The highest BCUT2D eigenvalue weighted by atomic mass is 16.4. The van der Waals surface area contributed by atoms with Crippen LogP contribution in [0.5, 0.6) is 0 Å². The third-order valence-corrected chi connectivity index (χ3v) is 3.63. The van der Waals surface area contributed by atoms with E-state index in [0.29, 0.717) is 0 Å². The van der Waals surface area contributed by atoms with Gasteiger partial charge in [0, 0.05) is 11.8 Å². The Morgan fingerprint density at radius 3 is 3.05 bits per heavy atom. The van der Waals surface area contributed by atoms with Crippen molar-refractivity contribution in [2.75, 3.05) is 0 Å². The normalized spacial score (nSPS) is 13.1. The van der Waals surface area contributed by atoms with E-state index in [1.807, 2.05) is 28.8 Å². The summed E-state index contributed by atoms with van der Waals surface area (Å²) in [7, 11) is 0. The van der Waals surface area contributed by atoms with Gasteiger partial charge >= 0.3 is 11.5 Å². The van der Waals surface area contributed by atoms with Crippen molar-refractivity contribution in [2.24, 2.45) is 0 Å². The van der Waals surface area contributed by atoms with Crippen LogP contribution in [0.3, 0.4) is 0 Å². The first-order valence-electron chi connectivity index (χ1n) is 6.14. The quantitative estimate of drug-likeness (QED) is 0.393. The number of oxazole rings is 1. The molecule has 4 aromatic rings. The van der Waals surface area contributed by atoms with Crippen molar-refractivity contribution in [3.63, 3.8) is 0 Å². The van der Waals surface area contributed by atoms with Crippen molar-refractivity contribution in [3.8, 4) is 11.3 Å². The highest BCUT2D eigenvalue weighted by Gasteiger charge is 2.30. The summed E-state index contributed by atoms with van der Waals surface area (Å²) in [5.74, 6) is 0.807. The average Bonchev–Trinajstić information content (AvgIpc) is 3.07. The summed E-state index contributed by atoms with van der Waals surface area (Å²) in [5, 5.41) is 0. The molecule has 5 heterocycles. The lowest BCUT2D eigenvalue weighted by Gasteiger charge is -1.91. The summed E-state index contributed by atoms with van der Waals surface area (Å²) >= 11 is 0. The number of aromatic nitrogens is 4. The molecule has 90 valence electrons. The minimum Gasteiger partial charge on any atom is -0.396 e. The van der Waals surface area contributed by atoms with Gasteiger partial charge in [0.2, 0.25) is 5.58 Å². The van der Waals surface area contributed by atoms with Crippen LogP contribution in [0.1, 0.15) is 5.69 Å². The molecule has 5 rings (SSSR count). The number of hydrogen-bond acceptors (Lipinski definition) is 3. The van der Waals surface area contributed by atoms with Crippen molar-refractivity contribution in [1.29, 1.82) is 0 Å². The molecular weight excluding hydrogens is 240 g/mol. The van der Waals surface area contributed by atoms with Gasteiger partial charge in [-0.15, -0.1) is 4.98 Å². The van der Waals surface area contributed by atoms with Gasteiger partial charge in [0.1, 0.15) is 24.6 Å². The Balaban J connectivity index is 1.93. The second-order valence-electron chi connectivity index (χ2n) is 4.68. The van der Waals surface area contributed by atoms with Gasteiger partial charge in [-0.2, -0.15) is 4.40 Å². The van der Waals surface area contributed by atoms with Gasteiger partial charge in [0.15, 0.2) is 0 Å². The van der Waals surface area contributed by atoms with E-state index in [9.17, 15) is 0 Å². The van der Waals surface area contributed by atoms with Crippen LogP contribution in [0.4, 0.5) is 0 Å². The predicted molar refractivity (Wildman–Crippen MR) is 67.5 cm³/mol. The molecule has 0 spiro atoms. The second kappa shape index (κ2) is 3.00. The highest BCUT2D eigenvalue weighted by Crippen LogP contribution is 2.31. The standard InChI is InChI=1S/C14H9N4O/c1-3-9-10(15-5-1)7-17-11(9)8-18-13-12(19-14(17)18)4-2-6-16-13/h1-6,8H,7H2/q+1. The van der Waals surface area contributed by atoms with Crippen molar-refractivity contribution in [2.45, 2.75) is 6.54 Å². The fourth-order valence-corrected chi connectivity index (χ4v) is 2.79. The summed E-state index contributed by atoms with van der Waals surface area (Å²) in [6.07, 6.45) is 5.68. The Morgan fingerprint density at radius 1 is 1.16 bits per heavy atom. The smallest absolute Gasteiger partial charge is 0.396 e. The molecule has 0 aliphatic carbocycles. The van der Waals surface area contributed by atoms with E-state index in [1.54, 1.807) is 6.20 Å². The molecule has 5 heteroatoms. The molecule has 0 saturated heterocycles. The Bertz CT molecular complexity index is 951. The molecule has 0 bridgehead atoms. The lowest BCUT2D eigenvalue weighted by Crippen LogP contribution is -2.17. The van der Waals surface area contributed by atoms with Crippen molar-refractivity contribution in [3.05, 3.63) is 48.5 Å². The van der Waals surface area contributed by atoms with E-state index < -0.39 is 0 Å². The molecule has 1 aliphatic heterocycles. The molecular formula is C14H9N4O+. The number of fused-ring (bicyclic) bond motifs is 7. The number of rotatable bonds is 0. The van der Waals surface area contributed by atoms with Gasteiger partial charge in [-0.3, -0.25) is 4.98 Å². The third kappa shape index (κ3) is 1.03. The number of imidazole rings is 1. The Hall–Kier alpha value is -2.69. The molecule has 4 aromatic heterocycles. The van der Waals surface area contributed by atoms with Crippen LogP contribution in [-0.4, -0.2) is 14.5 Å². The van der Waals surface area contributed by atoms with E-state index in [4.69, 9.17) is 4.42 Å². The topological polar surface area (TPSA) is 48.0 Å². The lowest BCUT2D eigenvalue weighted by molar-refractivity contribution is -0.486. The van der Waals surface area contributed by atoms with Gasteiger partial charge in [-0.25, -0.2) is 4.57 Å². The first-order valence-corrected chi connectivity index (χ1v) is 6.14. The first kappa shape index (κ1) is 9.27. The highest BCUT2D eigenvalue weighted by molar-refractivity contribution is 5.70. The first-order chi connectivity index (χ1) is 9.42. The molecule has 0 saturated carbocycles. The van der Waals surface area contributed by atoms with Crippen molar-refractivity contribution in [1.82, 2.24) is 14.5 Å². The number of hydrogen-bond donors (Lipinski definition) is 0. The molecule has 0 N–H and O–H groups in total. The van der Waals surface area contributed by atoms with Gasteiger partial charge in [0.25, 0.3) is 0 Å². The third-order valence-electron chi connectivity index (χ3n) is 3.63. The predicted octanol–water partition coefficient (Wildman–Crippen LogP) is 1.79. The molecule has 0 fully saturated rings. The summed E-state index contributed by atoms with van der Waals surface area (Å²) in [4.78, 5) is 8.80.